The highest BCUT2D eigenvalue weighted by Gasteiger charge is 2.25. The van der Waals surface area contributed by atoms with Crippen LogP contribution in [0.3, 0.4) is 0 Å². The summed E-state index contributed by atoms with van der Waals surface area (Å²) in [6, 6.07) is 10.1. The molecule has 0 amide bonds. The third-order valence-corrected chi connectivity index (χ3v) is 3.99. The summed E-state index contributed by atoms with van der Waals surface area (Å²) < 4.78 is 28.6. The molecule has 7 heteroatoms. The number of fused-ring (bicyclic) bond motifs is 1. The fourth-order valence-corrected chi connectivity index (χ4v) is 2.83. The lowest BCUT2D eigenvalue weighted by Crippen LogP contribution is -2.36. The van der Waals surface area contributed by atoms with Crippen molar-refractivity contribution >= 4 is 26.9 Å². The van der Waals surface area contributed by atoms with Crippen LogP contribution in [0, 0.1) is 0 Å². The Hall–Kier alpha value is -1.96. The van der Waals surface area contributed by atoms with E-state index in [1.165, 1.54) is 6.07 Å². The van der Waals surface area contributed by atoms with Gasteiger partial charge in [0.2, 0.25) is 0 Å². The van der Waals surface area contributed by atoms with Crippen molar-refractivity contribution in [2.45, 2.75) is 10.9 Å². The zero-order valence-corrected chi connectivity index (χ0v) is 11.2. The molecule has 2 aromatic carbocycles. The second-order valence-corrected chi connectivity index (χ2v) is 5.64. The monoisotopic (exact) mass is 295 g/mol. The highest BCUT2D eigenvalue weighted by Crippen LogP contribution is 2.24. The normalized spacial score (nSPS) is 13.1. The molecule has 0 radical (unpaired) electrons. The highest BCUT2D eigenvalue weighted by atomic mass is 32.2. The van der Waals surface area contributed by atoms with E-state index in [0.717, 1.165) is 0 Å². The summed E-state index contributed by atoms with van der Waals surface area (Å²) in [5.41, 5.74) is 5.23. The molecule has 0 spiro atoms. The summed E-state index contributed by atoms with van der Waals surface area (Å²) in [5.74, 6) is -1.19. The van der Waals surface area contributed by atoms with Gasteiger partial charge in [-0.25, -0.2) is 4.79 Å². The van der Waals surface area contributed by atoms with E-state index < -0.39 is 28.7 Å². The van der Waals surface area contributed by atoms with Gasteiger partial charge in [0.1, 0.15) is 10.9 Å². The Morgan fingerprint density at radius 3 is 2.55 bits per heavy atom. The summed E-state index contributed by atoms with van der Waals surface area (Å²) in [4.78, 5) is 11.3. The van der Waals surface area contributed by atoms with Gasteiger partial charge in [-0.2, -0.15) is 8.42 Å². The molecule has 0 fully saturated rings. The van der Waals surface area contributed by atoms with E-state index in [1.807, 2.05) is 0 Å². The molecule has 0 aliphatic carbocycles. The fraction of sp³-hybridized carbons (Fsp3) is 0.154. The molecule has 2 aromatic rings. The Morgan fingerprint density at radius 2 is 1.85 bits per heavy atom. The maximum atomic E-state index is 12.1. The Morgan fingerprint density at radius 1 is 1.20 bits per heavy atom. The number of hydrogen-bond donors (Lipinski definition) is 2. The van der Waals surface area contributed by atoms with Crippen LogP contribution in [-0.4, -0.2) is 32.1 Å². The lowest BCUT2D eigenvalue weighted by atomic mass is 10.1. The van der Waals surface area contributed by atoms with Gasteiger partial charge in [0.15, 0.2) is 0 Å². The van der Waals surface area contributed by atoms with Crippen molar-refractivity contribution in [3.8, 4) is 0 Å². The molecule has 0 bridgehead atoms. The van der Waals surface area contributed by atoms with Crippen LogP contribution in [-0.2, 0) is 19.1 Å². The third-order valence-electron chi connectivity index (χ3n) is 2.71. The number of benzene rings is 2. The fourth-order valence-electron chi connectivity index (χ4n) is 1.70. The molecule has 1 atom stereocenters. The van der Waals surface area contributed by atoms with E-state index in [-0.39, 0.29) is 4.90 Å². The minimum Gasteiger partial charge on any atom is -0.394 e. The average Bonchev–Trinajstić information content (AvgIpc) is 2.45. The van der Waals surface area contributed by atoms with Gasteiger partial charge in [0.05, 0.1) is 6.61 Å². The van der Waals surface area contributed by atoms with Crippen molar-refractivity contribution in [1.29, 1.82) is 0 Å². The summed E-state index contributed by atoms with van der Waals surface area (Å²) in [5, 5.41) is 9.87. The van der Waals surface area contributed by atoms with Crippen LogP contribution >= 0.6 is 0 Å². The molecular weight excluding hydrogens is 282 g/mol. The highest BCUT2D eigenvalue weighted by molar-refractivity contribution is 7.87. The zero-order valence-electron chi connectivity index (χ0n) is 10.4. The number of aliphatic hydroxyl groups is 1. The van der Waals surface area contributed by atoms with Gasteiger partial charge in [-0.15, -0.1) is 0 Å². The molecule has 0 saturated heterocycles. The summed E-state index contributed by atoms with van der Waals surface area (Å²) >= 11 is 0. The SMILES string of the molecule is N[C@@H](CO)C(=O)OS(=O)(=O)c1cccc2ccccc12. The predicted molar refractivity (Wildman–Crippen MR) is 72.3 cm³/mol. The number of carbonyl (C=O) groups is 1. The average molecular weight is 295 g/mol. The zero-order chi connectivity index (χ0) is 14.8. The largest absolute Gasteiger partial charge is 0.394 e. The van der Waals surface area contributed by atoms with Gasteiger partial charge >= 0.3 is 16.1 Å². The number of carbonyl (C=O) groups excluding carboxylic acids is 1. The van der Waals surface area contributed by atoms with Crippen LogP contribution in [0.5, 0.6) is 0 Å². The van der Waals surface area contributed by atoms with Crippen LogP contribution in [0.1, 0.15) is 0 Å². The summed E-state index contributed by atoms with van der Waals surface area (Å²) in [6.45, 7) is -0.691. The van der Waals surface area contributed by atoms with Crippen molar-refractivity contribution in [1.82, 2.24) is 0 Å². The van der Waals surface area contributed by atoms with Crippen molar-refractivity contribution in [3.05, 3.63) is 42.5 Å². The second kappa shape index (κ2) is 5.58. The first-order valence-electron chi connectivity index (χ1n) is 5.78. The van der Waals surface area contributed by atoms with Crippen molar-refractivity contribution in [2.75, 3.05) is 6.61 Å². The number of rotatable bonds is 4. The van der Waals surface area contributed by atoms with Gasteiger partial charge < -0.3 is 15.0 Å². The van der Waals surface area contributed by atoms with Crippen molar-refractivity contribution in [3.63, 3.8) is 0 Å². The van der Waals surface area contributed by atoms with E-state index in [0.29, 0.717) is 10.8 Å². The Kier molecular flexibility index (Phi) is 4.03. The molecule has 0 unspecified atom stereocenters. The molecule has 20 heavy (non-hydrogen) atoms. The Labute approximate surface area is 115 Å². The van der Waals surface area contributed by atoms with E-state index >= 15 is 0 Å². The first kappa shape index (κ1) is 14.4. The number of nitrogens with two attached hydrogens (primary N) is 1. The first-order chi connectivity index (χ1) is 9.45. The molecule has 3 N–H and O–H groups in total. The van der Waals surface area contributed by atoms with E-state index in [9.17, 15) is 13.2 Å². The number of hydrogen-bond acceptors (Lipinski definition) is 6. The molecule has 106 valence electrons. The van der Waals surface area contributed by atoms with Gasteiger partial charge in [-0.1, -0.05) is 36.4 Å². The standard InChI is InChI=1S/C13H13NO5S/c14-11(8-15)13(16)19-20(17,18)12-7-3-5-9-4-1-2-6-10(9)12/h1-7,11,15H,8,14H2/t11-/m0/s1. The summed E-state index contributed by atoms with van der Waals surface area (Å²) in [6.07, 6.45) is 0. The quantitative estimate of drug-likeness (QED) is 0.790. The van der Waals surface area contributed by atoms with Crippen molar-refractivity contribution in [2.24, 2.45) is 5.73 Å². The van der Waals surface area contributed by atoms with Crippen LogP contribution < -0.4 is 5.73 Å². The minimum atomic E-state index is -4.28. The Balaban J connectivity index is 2.45. The lowest BCUT2D eigenvalue weighted by Gasteiger charge is -2.10. The van der Waals surface area contributed by atoms with Crippen LogP contribution in [0.25, 0.3) is 10.8 Å². The summed E-state index contributed by atoms with van der Waals surface area (Å²) in [7, 11) is -4.28. The molecule has 0 aliphatic rings. The second-order valence-electron chi connectivity index (χ2n) is 4.12. The van der Waals surface area contributed by atoms with E-state index in [4.69, 9.17) is 10.8 Å². The number of aliphatic hydroxyl groups excluding tert-OH is 1. The first-order valence-corrected chi connectivity index (χ1v) is 7.19. The topological polar surface area (TPSA) is 107 Å². The van der Waals surface area contributed by atoms with Crippen molar-refractivity contribution < 1.29 is 22.5 Å². The molecule has 2 rings (SSSR count). The molecule has 0 saturated carbocycles. The van der Waals surface area contributed by atoms with Gasteiger partial charge in [0.25, 0.3) is 0 Å². The Bertz CT molecular complexity index is 736. The van der Waals surface area contributed by atoms with E-state index in [1.54, 1.807) is 36.4 Å². The van der Waals surface area contributed by atoms with Crippen LogP contribution in [0.4, 0.5) is 0 Å². The molecule has 0 aromatic heterocycles. The lowest BCUT2D eigenvalue weighted by molar-refractivity contribution is -0.136. The third kappa shape index (κ3) is 2.79. The molecular formula is C13H13NO5S. The predicted octanol–water partition coefficient (Wildman–Crippen LogP) is 0.391. The molecule has 0 aliphatic heterocycles. The maximum absolute atomic E-state index is 12.1. The molecule has 0 heterocycles. The van der Waals surface area contributed by atoms with E-state index in [2.05, 4.69) is 4.18 Å². The smallest absolute Gasteiger partial charge is 0.342 e. The van der Waals surface area contributed by atoms with Gasteiger partial charge in [0, 0.05) is 5.39 Å². The maximum Gasteiger partial charge on any atom is 0.342 e. The van der Waals surface area contributed by atoms with Gasteiger partial charge in [-0.3, -0.25) is 0 Å². The minimum absolute atomic E-state index is 0.117. The molecule has 6 nitrogen and oxygen atoms in total. The van der Waals surface area contributed by atoms with Gasteiger partial charge in [-0.05, 0) is 11.5 Å². The van der Waals surface area contributed by atoms with Crippen LogP contribution in [0.15, 0.2) is 47.4 Å². The van der Waals surface area contributed by atoms with Crippen LogP contribution in [0.2, 0.25) is 0 Å².